The van der Waals surface area contributed by atoms with Gasteiger partial charge < -0.3 is 4.74 Å². The standard InChI is InChI=1S/C17H19N5O4S/c1-10-9-11(2)22(20-10)17(23)15-12(3)18-19-16(15)27(24,25)21-13-5-7-14(26-4)8-6-13/h5-9,21H,1-4H3,(H,18,19). The monoisotopic (exact) mass is 389 g/mol. The molecule has 1 aromatic carbocycles. The average Bonchev–Trinajstić information content (AvgIpc) is 3.17. The molecule has 10 heteroatoms. The third kappa shape index (κ3) is 3.56. The van der Waals surface area contributed by atoms with Crippen LogP contribution in [0.15, 0.2) is 35.4 Å². The minimum absolute atomic E-state index is 0.0535. The molecule has 0 unspecified atom stereocenters. The Kier molecular flexibility index (Phi) is 4.75. The van der Waals surface area contributed by atoms with E-state index in [-0.39, 0.29) is 10.6 Å². The number of nitrogens with zero attached hydrogens (tertiary/aromatic N) is 3. The molecule has 27 heavy (non-hydrogen) atoms. The summed E-state index contributed by atoms with van der Waals surface area (Å²) in [6.07, 6.45) is 0. The van der Waals surface area contributed by atoms with E-state index >= 15 is 0 Å². The molecule has 9 nitrogen and oxygen atoms in total. The van der Waals surface area contributed by atoms with Crippen LogP contribution in [0.2, 0.25) is 0 Å². The van der Waals surface area contributed by atoms with Gasteiger partial charge in [-0.15, -0.1) is 0 Å². The number of methoxy groups -OCH3 is 1. The van der Waals surface area contributed by atoms with Crippen LogP contribution in [0.3, 0.4) is 0 Å². The van der Waals surface area contributed by atoms with E-state index in [0.29, 0.717) is 28.5 Å². The number of anilines is 1. The zero-order chi connectivity index (χ0) is 19.8. The lowest BCUT2D eigenvalue weighted by Crippen LogP contribution is -2.21. The number of nitrogens with one attached hydrogen (secondary N) is 2. The van der Waals surface area contributed by atoms with E-state index in [1.165, 1.54) is 11.8 Å². The number of benzene rings is 1. The number of ether oxygens (including phenoxy) is 1. The van der Waals surface area contributed by atoms with Crippen molar-refractivity contribution < 1.29 is 17.9 Å². The fourth-order valence-corrected chi connectivity index (χ4v) is 3.87. The first-order chi connectivity index (χ1) is 12.7. The topological polar surface area (TPSA) is 119 Å². The number of aryl methyl sites for hydroxylation is 3. The number of aromatic amines is 1. The summed E-state index contributed by atoms with van der Waals surface area (Å²) in [5, 5.41) is 10.2. The van der Waals surface area contributed by atoms with Crippen LogP contribution in [-0.4, -0.2) is 41.4 Å². The van der Waals surface area contributed by atoms with Crippen LogP contribution >= 0.6 is 0 Å². The minimum Gasteiger partial charge on any atom is -0.497 e. The first-order valence-electron chi connectivity index (χ1n) is 8.02. The fraction of sp³-hybridized carbons (Fsp3) is 0.235. The Bertz CT molecular complexity index is 1100. The lowest BCUT2D eigenvalue weighted by Gasteiger charge is -2.09. The molecule has 2 heterocycles. The van der Waals surface area contributed by atoms with Crippen LogP contribution in [0, 0.1) is 20.8 Å². The molecule has 2 N–H and O–H groups in total. The summed E-state index contributed by atoms with van der Waals surface area (Å²) < 4.78 is 34.3. The second-order valence-electron chi connectivity index (χ2n) is 6.01. The highest BCUT2D eigenvalue weighted by Gasteiger charge is 2.30. The van der Waals surface area contributed by atoms with E-state index in [2.05, 4.69) is 20.0 Å². The Morgan fingerprint density at radius 1 is 1.19 bits per heavy atom. The van der Waals surface area contributed by atoms with E-state index in [4.69, 9.17) is 4.74 Å². The Morgan fingerprint density at radius 2 is 1.85 bits per heavy atom. The van der Waals surface area contributed by atoms with Crippen LogP contribution in [0.5, 0.6) is 5.75 Å². The van der Waals surface area contributed by atoms with Crippen molar-refractivity contribution in [2.45, 2.75) is 25.8 Å². The third-order valence-electron chi connectivity index (χ3n) is 3.93. The second-order valence-corrected chi connectivity index (χ2v) is 7.60. The molecule has 0 radical (unpaired) electrons. The number of carbonyl (C=O) groups excluding carboxylic acids is 1. The van der Waals surface area contributed by atoms with Gasteiger partial charge in [0.05, 0.1) is 12.8 Å². The number of hydrogen-bond donors (Lipinski definition) is 2. The first kappa shape index (κ1) is 18.6. The smallest absolute Gasteiger partial charge is 0.283 e. The summed E-state index contributed by atoms with van der Waals surface area (Å²) >= 11 is 0. The van der Waals surface area contributed by atoms with Crippen molar-refractivity contribution in [2.75, 3.05) is 11.8 Å². The predicted octanol–water partition coefficient (Wildman–Crippen LogP) is 2.03. The summed E-state index contributed by atoms with van der Waals surface area (Å²) in [4.78, 5) is 12.9. The van der Waals surface area contributed by atoms with Gasteiger partial charge in [0.2, 0.25) is 5.03 Å². The fourth-order valence-electron chi connectivity index (χ4n) is 2.66. The molecule has 0 saturated heterocycles. The molecule has 3 rings (SSSR count). The molecule has 0 spiro atoms. The molecule has 0 aliphatic heterocycles. The molecular weight excluding hydrogens is 370 g/mol. The maximum atomic E-state index is 12.9. The van der Waals surface area contributed by atoms with Gasteiger partial charge in [-0.05, 0) is 51.1 Å². The molecule has 0 aliphatic rings. The number of aromatic nitrogens is 4. The van der Waals surface area contributed by atoms with Crippen molar-refractivity contribution in [2.24, 2.45) is 0 Å². The van der Waals surface area contributed by atoms with E-state index in [1.807, 2.05) is 0 Å². The predicted molar refractivity (Wildman–Crippen MR) is 98.6 cm³/mol. The van der Waals surface area contributed by atoms with Gasteiger partial charge in [-0.1, -0.05) is 0 Å². The number of H-pyrrole nitrogens is 1. The summed E-state index contributed by atoms with van der Waals surface area (Å²) in [7, 11) is -2.58. The van der Waals surface area contributed by atoms with Crippen LogP contribution in [-0.2, 0) is 10.0 Å². The van der Waals surface area contributed by atoms with Gasteiger partial charge >= 0.3 is 0 Å². The summed E-state index contributed by atoms with van der Waals surface area (Å²) in [6.45, 7) is 5.05. The van der Waals surface area contributed by atoms with Gasteiger partial charge in [0.25, 0.3) is 15.9 Å². The van der Waals surface area contributed by atoms with Gasteiger partial charge in [0, 0.05) is 17.1 Å². The highest BCUT2D eigenvalue weighted by Crippen LogP contribution is 2.23. The normalized spacial score (nSPS) is 11.4. The molecule has 0 saturated carbocycles. The van der Waals surface area contributed by atoms with Crippen molar-refractivity contribution in [1.82, 2.24) is 20.0 Å². The summed E-state index contributed by atoms with van der Waals surface area (Å²) in [5.74, 6) is 0.0240. The van der Waals surface area contributed by atoms with Gasteiger partial charge in [0.1, 0.15) is 11.3 Å². The molecule has 0 atom stereocenters. The Morgan fingerprint density at radius 3 is 2.41 bits per heavy atom. The third-order valence-corrected chi connectivity index (χ3v) is 5.24. The number of rotatable bonds is 5. The highest BCUT2D eigenvalue weighted by atomic mass is 32.2. The van der Waals surface area contributed by atoms with Crippen LogP contribution in [0.1, 0.15) is 27.4 Å². The van der Waals surface area contributed by atoms with Crippen molar-refractivity contribution in [3.05, 3.63) is 53.0 Å². The molecule has 0 aliphatic carbocycles. The molecule has 0 bridgehead atoms. The van der Waals surface area contributed by atoms with Crippen molar-refractivity contribution >= 4 is 21.6 Å². The number of sulfonamides is 1. The lowest BCUT2D eigenvalue weighted by atomic mass is 10.2. The molecule has 0 amide bonds. The van der Waals surface area contributed by atoms with E-state index in [1.54, 1.807) is 51.1 Å². The quantitative estimate of drug-likeness (QED) is 0.689. The SMILES string of the molecule is COc1ccc(NS(=O)(=O)c2n[nH]c(C)c2C(=O)n2nc(C)cc2C)cc1. The lowest BCUT2D eigenvalue weighted by molar-refractivity contribution is 0.0938. The second kappa shape index (κ2) is 6.88. The largest absolute Gasteiger partial charge is 0.497 e. The molecule has 2 aromatic heterocycles. The number of carbonyl (C=O) groups is 1. The molecule has 0 fully saturated rings. The van der Waals surface area contributed by atoms with Crippen LogP contribution < -0.4 is 9.46 Å². The van der Waals surface area contributed by atoms with Gasteiger partial charge in [-0.2, -0.15) is 18.6 Å². The van der Waals surface area contributed by atoms with E-state index < -0.39 is 15.9 Å². The summed E-state index contributed by atoms with van der Waals surface area (Å²) in [5.41, 5.74) is 1.86. The van der Waals surface area contributed by atoms with Crippen molar-refractivity contribution in [1.29, 1.82) is 0 Å². The van der Waals surface area contributed by atoms with Gasteiger partial charge in [-0.25, -0.2) is 4.68 Å². The van der Waals surface area contributed by atoms with Gasteiger partial charge in [0.15, 0.2) is 0 Å². The Labute approximate surface area is 156 Å². The number of hydrogen-bond acceptors (Lipinski definition) is 6. The molecular formula is C17H19N5O4S. The van der Waals surface area contributed by atoms with Gasteiger partial charge in [-0.3, -0.25) is 14.6 Å². The highest BCUT2D eigenvalue weighted by molar-refractivity contribution is 7.92. The molecule has 3 aromatic rings. The van der Waals surface area contributed by atoms with Crippen LogP contribution in [0.4, 0.5) is 5.69 Å². The maximum absolute atomic E-state index is 12.9. The van der Waals surface area contributed by atoms with Crippen molar-refractivity contribution in [3.8, 4) is 5.75 Å². The first-order valence-corrected chi connectivity index (χ1v) is 9.51. The van der Waals surface area contributed by atoms with E-state index in [9.17, 15) is 13.2 Å². The van der Waals surface area contributed by atoms with E-state index in [0.717, 1.165) is 0 Å². The minimum atomic E-state index is -4.10. The van der Waals surface area contributed by atoms with Crippen molar-refractivity contribution in [3.63, 3.8) is 0 Å². The zero-order valence-corrected chi connectivity index (χ0v) is 16.1. The Hall–Kier alpha value is -3.14. The summed E-state index contributed by atoms with van der Waals surface area (Å²) in [6, 6.07) is 8.08. The molecule has 142 valence electrons. The average molecular weight is 389 g/mol. The zero-order valence-electron chi connectivity index (χ0n) is 15.3. The van der Waals surface area contributed by atoms with Crippen LogP contribution in [0.25, 0.3) is 0 Å². The Balaban J connectivity index is 1.99. The maximum Gasteiger partial charge on any atom is 0.283 e.